The average Bonchev–Trinajstić information content (AvgIpc) is 2.30. The first-order chi connectivity index (χ1) is 8.52. The molecule has 0 aliphatic heterocycles. The molecule has 0 saturated carbocycles. The summed E-state index contributed by atoms with van der Waals surface area (Å²) in [5.74, 6) is 1.28. The molecule has 0 fully saturated rings. The van der Waals surface area contributed by atoms with Crippen molar-refractivity contribution in [1.82, 2.24) is 0 Å². The van der Waals surface area contributed by atoms with Crippen molar-refractivity contribution >= 4 is 5.69 Å². The number of anilines is 1. The molecule has 0 heterocycles. The number of hydrogen-bond acceptors (Lipinski definition) is 3. The summed E-state index contributed by atoms with van der Waals surface area (Å²) in [7, 11) is 1.53. The van der Waals surface area contributed by atoms with E-state index in [1.165, 1.54) is 13.2 Å². The lowest BCUT2D eigenvalue weighted by molar-refractivity contribution is -0.0493. The minimum atomic E-state index is -2.83. The second-order valence-corrected chi connectivity index (χ2v) is 4.35. The maximum atomic E-state index is 12.3. The molecular weight excluding hydrogens is 240 g/mol. The van der Waals surface area contributed by atoms with E-state index < -0.39 is 6.61 Å². The van der Waals surface area contributed by atoms with Gasteiger partial charge in [-0.05, 0) is 24.5 Å². The number of halogens is 2. The third-order valence-electron chi connectivity index (χ3n) is 2.44. The van der Waals surface area contributed by atoms with Crippen LogP contribution in [0.3, 0.4) is 0 Å². The summed E-state index contributed by atoms with van der Waals surface area (Å²) >= 11 is 0. The van der Waals surface area contributed by atoms with Gasteiger partial charge in [-0.25, -0.2) is 0 Å². The number of ether oxygens (including phenoxy) is 2. The van der Waals surface area contributed by atoms with Gasteiger partial charge in [0.15, 0.2) is 0 Å². The van der Waals surface area contributed by atoms with Gasteiger partial charge in [-0.15, -0.1) is 0 Å². The van der Waals surface area contributed by atoms with Crippen LogP contribution in [-0.4, -0.2) is 20.3 Å². The number of alkyl halides is 2. The van der Waals surface area contributed by atoms with Crippen molar-refractivity contribution in [1.29, 1.82) is 0 Å². The molecule has 0 aliphatic rings. The van der Waals surface area contributed by atoms with Crippen LogP contribution in [-0.2, 0) is 0 Å². The highest BCUT2D eigenvalue weighted by Gasteiger charge is 2.10. The smallest absolute Gasteiger partial charge is 0.387 e. The Bertz CT molecular complexity index is 370. The topological polar surface area (TPSA) is 30.5 Å². The zero-order chi connectivity index (χ0) is 13.5. The fourth-order valence-electron chi connectivity index (χ4n) is 1.47. The molecule has 0 spiro atoms. The fraction of sp³-hybridized carbons (Fsp3) is 0.538. The van der Waals surface area contributed by atoms with Crippen LogP contribution in [0.15, 0.2) is 18.2 Å². The second kappa shape index (κ2) is 7.03. The van der Waals surface area contributed by atoms with E-state index in [9.17, 15) is 8.78 Å². The van der Waals surface area contributed by atoms with Crippen molar-refractivity contribution in [3.63, 3.8) is 0 Å². The molecule has 1 N–H and O–H groups in total. The van der Waals surface area contributed by atoms with Crippen LogP contribution in [0, 0.1) is 5.92 Å². The molecule has 0 saturated heterocycles. The number of rotatable bonds is 7. The number of methoxy groups -OCH3 is 1. The summed E-state index contributed by atoms with van der Waals surface area (Å²) in [6, 6.07) is 4.71. The van der Waals surface area contributed by atoms with Gasteiger partial charge >= 0.3 is 6.61 Å². The van der Waals surface area contributed by atoms with Gasteiger partial charge < -0.3 is 14.8 Å². The van der Waals surface area contributed by atoms with Gasteiger partial charge in [0.25, 0.3) is 0 Å². The molecule has 0 atom stereocenters. The van der Waals surface area contributed by atoms with Gasteiger partial charge in [0, 0.05) is 12.6 Å². The molecule has 0 radical (unpaired) electrons. The van der Waals surface area contributed by atoms with Crippen LogP contribution in [0.1, 0.15) is 20.3 Å². The highest BCUT2D eigenvalue weighted by Crippen LogP contribution is 2.30. The quantitative estimate of drug-likeness (QED) is 0.808. The SMILES string of the molecule is COc1ccc(OC(F)F)c(NCCC(C)C)c1. The van der Waals surface area contributed by atoms with Crippen LogP contribution in [0.25, 0.3) is 0 Å². The minimum absolute atomic E-state index is 0.134. The van der Waals surface area contributed by atoms with Crippen molar-refractivity contribution < 1.29 is 18.3 Å². The van der Waals surface area contributed by atoms with E-state index in [2.05, 4.69) is 23.9 Å². The maximum absolute atomic E-state index is 12.3. The van der Waals surface area contributed by atoms with Gasteiger partial charge in [-0.2, -0.15) is 8.78 Å². The Morgan fingerprint density at radius 3 is 2.56 bits per heavy atom. The summed E-state index contributed by atoms with van der Waals surface area (Å²) in [5, 5.41) is 3.09. The molecule has 1 aromatic carbocycles. The molecule has 1 rings (SSSR count). The van der Waals surface area contributed by atoms with E-state index in [0.29, 0.717) is 23.9 Å². The van der Waals surface area contributed by atoms with Crippen molar-refractivity contribution in [2.75, 3.05) is 19.0 Å². The van der Waals surface area contributed by atoms with Crippen LogP contribution in [0.2, 0.25) is 0 Å². The normalized spacial score (nSPS) is 10.8. The van der Waals surface area contributed by atoms with Gasteiger partial charge in [-0.1, -0.05) is 13.8 Å². The molecule has 0 unspecified atom stereocenters. The lowest BCUT2D eigenvalue weighted by atomic mass is 10.1. The summed E-state index contributed by atoms with van der Waals surface area (Å²) in [6.07, 6.45) is 0.950. The first-order valence-electron chi connectivity index (χ1n) is 5.89. The van der Waals surface area contributed by atoms with E-state index in [4.69, 9.17) is 4.74 Å². The Hall–Kier alpha value is -1.52. The average molecular weight is 259 g/mol. The molecular formula is C13H19F2NO2. The monoisotopic (exact) mass is 259 g/mol. The van der Waals surface area contributed by atoms with E-state index >= 15 is 0 Å². The number of nitrogens with one attached hydrogen (secondary N) is 1. The van der Waals surface area contributed by atoms with Gasteiger partial charge in [0.1, 0.15) is 11.5 Å². The predicted molar refractivity (Wildman–Crippen MR) is 67.6 cm³/mol. The Kier molecular flexibility index (Phi) is 5.68. The zero-order valence-electron chi connectivity index (χ0n) is 10.9. The lowest BCUT2D eigenvalue weighted by Crippen LogP contribution is -2.09. The summed E-state index contributed by atoms with van der Waals surface area (Å²) in [6.45, 7) is 2.07. The molecule has 18 heavy (non-hydrogen) atoms. The lowest BCUT2D eigenvalue weighted by Gasteiger charge is -2.14. The molecule has 0 aromatic heterocycles. The zero-order valence-corrected chi connectivity index (χ0v) is 10.9. The van der Waals surface area contributed by atoms with Crippen molar-refractivity contribution in [2.45, 2.75) is 26.9 Å². The Balaban J connectivity index is 2.76. The Morgan fingerprint density at radius 2 is 2.00 bits per heavy atom. The molecule has 1 aromatic rings. The molecule has 0 amide bonds. The highest BCUT2D eigenvalue weighted by atomic mass is 19.3. The van der Waals surface area contributed by atoms with E-state index in [1.807, 2.05) is 0 Å². The van der Waals surface area contributed by atoms with E-state index in [-0.39, 0.29) is 5.75 Å². The predicted octanol–water partition coefficient (Wildman–Crippen LogP) is 3.75. The highest BCUT2D eigenvalue weighted by molar-refractivity contribution is 5.59. The van der Waals surface area contributed by atoms with Gasteiger partial charge in [0.2, 0.25) is 0 Å². The third-order valence-corrected chi connectivity index (χ3v) is 2.44. The standard InChI is InChI=1S/C13H19F2NO2/c1-9(2)6-7-16-11-8-10(17-3)4-5-12(11)18-13(14)15/h4-5,8-9,13,16H,6-7H2,1-3H3. The second-order valence-electron chi connectivity index (χ2n) is 4.35. The summed E-state index contributed by atoms with van der Waals surface area (Å²) in [5.41, 5.74) is 0.523. The van der Waals surface area contributed by atoms with Crippen molar-refractivity contribution in [3.8, 4) is 11.5 Å². The first kappa shape index (κ1) is 14.5. The van der Waals surface area contributed by atoms with Crippen LogP contribution in [0.5, 0.6) is 11.5 Å². The molecule has 3 nitrogen and oxygen atoms in total. The Labute approximate surface area is 106 Å². The van der Waals surface area contributed by atoms with Crippen LogP contribution in [0.4, 0.5) is 14.5 Å². The largest absolute Gasteiger partial charge is 0.497 e. The van der Waals surface area contributed by atoms with Crippen molar-refractivity contribution in [2.24, 2.45) is 5.92 Å². The fourth-order valence-corrected chi connectivity index (χ4v) is 1.47. The van der Waals surface area contributed by atoms with Crippen LogP contribution >= 0.6 is 0 Å². The Morgan fingerprint density at radius 1 is 1.28 bits per heavy atom. The van der Waals surface area contributed by atoms with Gasteiger partial charge in [-0.3, -0.25) is 0 Å². The van der Waals surface area contributed by atoms with Crippen molar-refractivity contribution in [3.05, 3.63) is 18.2 Å². The number of benzene rings is 1. The molecule has 102 valence electrons. The van der Waals surface area contributed by atoms with E-state index in [0.717, 1.165) is 6.42 Å². The number of hydrogen-bond donors (Lipinski definition) is 1. The minimum Gasteiger partial charge on any atom is -0.497 e. The van der Waals surface area contributed by atoms with Gasteiger partial charge in [0.05, 0.1) is 12.8 Å². The summed E-state index contributed by atoms with van der Waals surface area (Å²) in [4.78, 5) is 0. The summed E-state index contributed by atoms with van der Waals surface area (Å²) < 4.78 is 34.0. The molecule has 0 bridgehead atoms. The van der Waals surface area contributed by atoms with E-state index in [1.54, 1.807) is 12.1 Å². The third kappa shape index (κ3) is 4.77. The molecule has 0 aliphatic carbocycles. The first-order valence-corrected chi connectivity index (χ1v) is 5.89. The van der Waals surface area contributed by atoms with Crippen LogP contribution < -0.4 is 14.8 Å². The molecule has 5 heteroatoms. The maximum Gasteiger partial charge on any atom is 0.387 e.